The van der Waals surface area contributed by atoms with Crippen LogP contribution < -0.4 is 19.7 Å². The number of benzene rings is 3. The van der Waals surface area contributed by atoms with Gasteiger partial charge in [0, 0.05) is 24.2 Å². The molecule has 0 radical (unpaired) electrons. The molecule has 182 valence electrons. The monoisotopic (exact) mass is 484 g/mol. The van der Waals surface area contributed by atoms with Crippen LogP contribution in [0.3, 0.4) is 0 Å². The number of methoxy groups -OCH3 is 1. The fourth-order valence-corrected chi connectivity index (χ4v) is 4.17. The lowest BCUT2D eigenvalue weighted by atomic mass is 9.82. The molecular formula is C26H23F3N2O4. The first-order valence-electron chi connectivity index (χ1n) is 10.8. The predicted molar refractivity (Wildman–Crippen MR) is 123 cm³/mol. The molecule has 1 heterocycles. The van der Waals surface area contributed by atoms with E-state index in [1.807, 2.05) is 12.1 Å². The van der Waals surface area contributed by atoms with E-state index in [9.17, 15) is 22.8 Å². The molecule has 0 aromatic heterocycles. The minimum atomic E-state index is -4.84. The van der Waals surface area contributed by atoms with Crippen molar-refractivity contribution in [1.29, 1.82) is 0 Å². The number of hydrogen-bond donors (Lipinski definition) is 1. The van der Waals surface area contributed by atoms with Crippen molar-refractivity contribution in [2.45, 2.75) is 31.8 Å². The summed E-state index contributed by atoms with van der Waals surface area (Å²) in [4.78, 5) is 28.4. The molecule has 3 aromatic rings. The Balaban J connectivity index is 1.65. The van der Waals surface area contributed by atoms with Crippen LogP contribution in [0, 0.1) is 0 Å². The van der Waals surface area contributed by atoms with Crippen molar-refractivity contribution >= 4 is 17.5 Å². The minimum absolute atomic E-state index is 0.223. The third kappa shape index (κ3) is 5.08. The molecule has 0 saturated carbocycles. The molecule has 3 aromatic carbocycles. The first-order valence-corrected chi connectivity index (χ1v) is 10.8. The third-order valence-corrected chi connectivity index (χ3v) is 5.91. The van der Waals surface area contributed by atoms with Crippen molar-refractivity contribution in [3.05, 3.63) is 89.5 Å². The fourth-order valence-electron chi connectivity index (χ4n) is 4.17. The molecule has 0 aliphatic carbocycles. The topological polar surface area (TPSA) is 67.9 Å². The zero-order chi connectivity index (χ0) is 25.2. The standard InChI is InChI=1S/C26H23F3N2O4/c1-25(24(33)30-16-17-7-11-20(34-2)12-8-17)15-18-5-3-4-6-22(18)23(32)31(25)19-9-13-21(14-10-19)35-26(27,28)29/h3-14H,15-16H2,1-2H3,(H,30,33)/t25-/m0/s1. The lowest BCUT2D eigenvalue weighted by Gasteiger charge is -2.44. The Morgan fingerprint density at radius 3 is 2.26 bits per heavy atom. The summed E-state index contributed by atoms with van der Waals surface area (Å²) in [7, 11) is 1.56. The number of carbonyl (C=O) groups is 2. The van der Waals surface area contributed by atoms with Crippen molar-refractivity contribution in [2.24, 2.45) is 0 Å². The third-order valence-electron chi connectivity index (χ3n) is 5.91. The Hall–Kier alpha value is -4.01. The van der Waals surface area contributed by atoms with Crippen LogP contribution in [-0.4, -0.2) is 30.8 Å². The molecule has 1 aliphatic heterocycles. The van der Waals surface area contributed by atoms with Gasteiger partial charge < -0.3 is 14.8 Å². The van der Waals surface area contributed by atoms with Gasteiger partial charge in [0.25, 0.3) is 5.91 Å². The zero-order valence-corrected chi connectivity index (χ0v) is 19.1. The Bertz CT molecular complexity index is 1230. The second-order valence-corrected chi connectivity index (χ2v) is 8.32. The number of halogens is 3. The number of alkyl halides is 3. The Kier molecular flexibility index (Phi) is 6.43. The van der Waals surface area contributed by atoms with Gasteiger partial charge in [0.1, 0.15) is 17.0 Å². The van der Waals surface area contributed by atoms with Gasteiger partial charge in [0.2, 0.25) is 5.91 Å². The van der Waals surface area contributed by atoms with Gasteiger partial charge in [-0.2, -0.15) is 0 Å². The van der Waals surface area contributed by atoms with Crippen LogP contribution in [-0.2, 0) is 17.8 Å². The van der Waals surface area contributed by atoms with E-state index in [0.29, 0.717) is 16.9 Å². The van der Waals surface area contributed by atoms with E-state index in [2.05, 4.69) is 10.1 Å². The first-order chi connectivity index (χ1) is 16.6. The summed E-state index contributed by atoms with van der Waals surface area (Å²) in [5.41, 5.74) is 0.938. The van der Waals surface area contributed by atoms with Crippen molar-refractivity contribution in [3.8, 4) is 11.5 Å². The van der Waals surface area contributed by atoms with Gasteiger partial charge in [-0.25, -0.2) is 0 Å². The van der Waals surface area contributed by atoms with Crippen LogP contribution in [0.2, 0.25) is 0 Å². The van der Waals surface area contributed by atoms with Crippen LogP contribution in [0.25, 0.3) is 0 Å². The molecule has 9 heteroatoms. The maximum atomic E-state index is 13.5. The van der Waals surface area contributed by atoms with Crippen molar-refractivity contribution in [3.63, 3.8) is 0 Å². The van der Waals surface area contributed by atoms with Crippen molar-refractivity contribution < 1.29 is 32.2 Å². The van der Waals surface area contributed by atoms with E-state index in [4.69, 9.17) is 4.74 Å². The second kappa shape index (κ2) is 9.32. The zero-order valence-electron chi connectivity index (χ0n) is 19.1. The number of anilines is 1. The molecule has 0 unspecified atom stereocenters. The fraction of sp³-hybridized carbons (Fsp3) is 0.231. The van der Waals surface area contributed by atoms with E-state index in [1.165, 1.54) is 17.0 Å². The van der Waals surface area contributed by atoms with Gasteiger partial charge in [-0.15, -0.1) is 13.2 Å². The summed E-state index contributed by atoms with van der Waals surface area (Å²) in [5.74, 6) is -0.548. The van der Waals surface area contributed by atoms with Gasteiger partial charge in [0.15, 0.2) is 0 Å². The Labute approximate surface area is 200 Å². The molecule has 0 fully saturated rings. The second-order valence-electron chi connectivity index (χ2n) is 8.32. The summed E-state index contributed by atoms with van der Waals surface area (Å²) in [6, 6.07) is 19.1. The molecule has 2 amide bonds. The van der Waals surface area contributed by atoms with E-state index < -0.39 is 29.5 Å². The smallest absolute Gasteiger partial charge is 0.497 e. The number of fused-ring (bicyclic) bond motifs is 1. The summed E-state index contributed by atoms with van der Waals surface area (Å²) < 4.78 is 46.8. The highest BCUT2D eigenvalue weighted by Gasteiger charge is 2.47. The highest BCUT2D eigenvalue weighted by molar-refractivity contribution is 6.14. The summed E-state index contributed by atoms with van der Waals surface area (Å²) in [6.45, 7) is 1.87. The number of amides is 2. The Morgan fingerprint density at radius 2 is 1.63 bits per heavy atom. The van der Waals surface area contributed by atoms with E-state index in [-0.39, 0.29) is 18.7 Å². The van der Waals surface area contributed by atoms with Crippen LogP contribution in [0.4, 0.5) is 18.9 Å². The van der Waals surface area contributed by atoms with E-state index in [1.54, 1.807) is 50.4 Å². The van der Waals surface area contributed by atoms with E-state index in [0.717, 1.165) is 17.7 Å². The molecule has 0 bridgehead atoms. The normalized spacial score (nSPS) is 17.5. The number of nitrogens with zero attached hydrogens (tertiary/aromatic N) is 1. The molecule has 1 aliphatic rings. The average Bonchev–Trinajstić information content (AvgIpc) is 2.83. The van der Waals surface area contributed by atoms with Gasteiger partial charge in [-0.05, 0) is 60.5 Å². The minimum Gasteiger partial charge on any atom is -0.497 e. The van der Waals surface area contributed by atoms with Crippen LogP contribution in [0.15, 0.2) is 72.8 Å². The lowest BCUT2D eigenvalue weighted by molar-refractivity contribution is -0.274. The summed E-state index contributed by atoms with van der Waals surface area (Å²) in [5, 5.41) is 2.89. The quantitative estimate of drug-likeness (QED) is 0.542. The summed E-state index contributed by atoms with van der Waals surface area (Å²) in [6.07, 6.45) is -4.61. The molecule has 35 heavy (non-hydrogen) atoms. The number of rotatable bonds is 6. The Morgan fingerprint density at radius 1 is 1.00 bits per heavy atom. The number of carbonyl (C=O) groups excluding carboxylic acids is 2. The maximum absolute atomic E-state index is 13.5. The molecule has 0 saturated heterocycles. The van der Waals surface area contributed by atoms with Crippen molar-refractivity contribution in [2.75, 3.05) is 12.0 Å². The molecule has 1 atom stereocenters. The van der Waals surface area contributed by atoms with Gasteiger partial charge in [-0.1, -0.05) is 30.3 Å². The van der Waals surface area contributed by atoms with E-state index >= 15 is 0 Å². The number of hydrogen-bond acceptors (Lipinski definition) is 4. The van der Waals surface area contributed by atoms with Crippen LogP contribution >= 0.6 is 0 Å². The van der Waals surface area contributed by atoms with Gasteiger partial charge >= 0.3 is 6.36 Å². The maximum Gasteiger partial charge on any atom is 0.573 e. The molecule has 6 nitrogen and oxygen atoms in total. The average molecular weight is 484 g/mol. The molecular weight excluding hydrogens is 461 g/mol. The lowest BCUT2D eigenvalue weighted by Crippen LogP contribution is -2.63. The van der Waals surface area contributed by atoms with Gasteiger partial charge in [-0.3, -0.25) is 14.5 Å². The molecule has 1 N–H and O–H groups in total. The highest BCUT2D eigenvalue weighted by atomic mass is 19.4. The first kappa shape index (κ1) is 24.1. The summed E-state index contributed by atoms with van der Waals surface area (Å²) >= 11 is 0. The highest BCUT2D eigenvalue weighted by Crippen LogP contribution is 2.36. The predicted octanol–water partition coefficient (Wildman–Crippen LogP) is 4.87. The SMILES string of the molecule is COc1ccc(CNC(=O)[C@]2(C)Cc3ccccc3C(=O)N2c2ccc(OC(F)(F)F)cc2)cc1. The number of ether oxygens (including phenoxy) is 2. The number of nitrogens with one attached hydrogen (secondary N) is 1. The largest absolute Gasteiger partial charge is 0.573 e. The molecule has 0 spiro atoms. The van der Waals surface area contributed by atoms with Crippen LogP contribution in [0.1, 0.15) is 28.4 Å². The van der Waals surface area contributed by atoms with Gasteiger partial charge in [0.05, 0.1) is 7.11 Å². The van der Waals surface area contributed by atoms with Crippen molar-refractivity contribution in [1.82, 2.24) is 5.32 Å². The molecule has 4 rings (SSSR count). The van der Waals surface area contributed by atoms with Crippen LogP contribution in [0.5, 0.6) is 11.5 Å².